The Balaban J connectivity index is 2.46. The van der Waals surface area contributed by atoms with Crippen LogP contribution in [0.3, 0.4) is 0 Å². The molecule has 0 atom stereocenters. The van der Waals surface area contributed by atoms with Gasteiger partial charge in [0.15, 0.2) is 0 Å². The minimum Gasteiger partial charge on any atom is -0.438 e. The first kappa shape index (κ1) is 15.3. The first-order valence-electron chi connectivity index (χ1n) is 7.31. The van der Waals surface area contributed by atoms with Crippen molar-refractivity contribution in [1.29, 1.82) is 0 Å². The summed E-state index contributed by atoms with van der Waals surface area (Å²) in [7, 11) is 0. The van der Waals surface area contributed by atoms with Crippen LogP contribution < -0.4 is 10.5 Å². The Hall–Kier alpha value is -2.10. The molecule has 0 saturated heterocycles. The number of rotatable bonds is 4. The van der Waals surface area contributed by atoms with Crippen molar-refractivity contribution in [3.05, 3.63) is 40.2 Å². The average molecular weight is 285 g/mol. The van der Waals surface area contributed by atoms with Crippen LogP contribution in [0.4, 0.5) is 5.82 Å². The van der Waals surface area contributed by atoms with E-state index in [4.69, 9.17) is 10.5 Å². The summed E-state index contributed by atoms with van der Waals surface area (Å²) in [6.45, 7) is 10.2. The van der Waals surface area contributed by atoms with E-state index < -0.39 is 0 Å². The zero-order chi connectivity index (χ0) is 15.6. The Morgan fingerprint density at radius 3 is 2.33 bits per heavy atom. The molecule has 0 aliphatic heterocycles. The topological polar surface area (TPSA) is 61.0 Å². The monoisotopic (exact) mass is 285 g/mol. The van der Waals surface area contributed by atoms with Gasteiger partial charge in [-0.3, -0.25) is 0 Å². The predicted octanol–water partition coefficient (Wildman–Crippen LogP) is 4.04. The van der Waals surface area contributed by atoms with Crippen LogP contribution in [0.15, 0.2) is 12.1 Å². The second-order valence-electron chi connectivity index (χ2n) is 5.46. The number of ether oxygens (including phenoxy) is 1. The van der Waals surface area contributed by atoms with Gasteiger partial charge >= 0.3 is 0 Å². The van der Waals surface area contributed by atoms with Gasteiger partial charge < -0.3 is 10.5 Å². The number of aromatic nitrogens is 2. The molecule has 0 aliphatic carbocycles. The molecule has 1 heterocycles. The average Bonchev–Trinajstić information content (AvgIpc) is 2.44. The smallest absolute Gasteiger partial charge is 0.227 e. The first-order valence-corrected chi connectivity index (χ1v) is 7.31. The van der Waals surface area contributed by atoms with Crippen LogP contribution >= 0.6 is 0 Å². The molecule has 112 valence electrons. The molecule has 0 radical (unpaired) electrons. The highest BCUT2D eigenvalue weighted by molar-refractivity contribution is 5.50. The Kier molecular flexibility index (Phi) is 4.46. The minimum absolute atomic E-state index is 0.492. The number of aryl methyl sites for hydroxylation is 3. The van der Waals surface area contributed by atoms with Gasteiger partial charge in [0.05, 0.1) is 5.56 Å². The van der Waals surface area contributed by atoms with E-state index in [1.165, 1.54) is 5.56 Å². The molecule has 0 fully saturated rings. The fraction of sp³-hybridized carbons (Fsp3) is 0.412. The quantitative estimate of drug-likeness (QED) is 0.921. The van der Waals surface area contributed by atoms with Gasteiger partial charge in [0.25, 0.3) is 0 Å². The second-order valence-corrected chi connectivity index (χ2v) is 5.46. The zero-order valence-electron chi connectivity index (χ0n) is 13.4. The first-order chi connectivity index (χ1) is 9.93. The SMILES string of the molecule is CCCc1nc(N)c(C)c(Oc2c(C)ccc(C)c2C)n1. The molecule has 0 bridgehead atoms. The maximum Gasteiger partial charge on any atom is 0.227 e. The van der Waals surface area contributed by atoms with Crippen LogP contribution in [0.25, 0.3) is 0 Å². The molecule has 2 rings (SSSR count). The number of hydrogen-bond acceptors (Lipinski definition) is 4. The number of nitrogen functional groups attached to an aromatic ring is 1. The molecule has 21 heavy (non-hydrogen) atoms. The lowest BCUT2D eigenvalue weighted by atomic mass is 10.1. The third kappa shape index (κ3) is 3.15. The molecule has 4 nitrogen and oxygen atoms in total. The Morgan fingerprint density at radius 2 is 1.67 bits per heavy atom. The van der Waals surface area contributed by atoms with Crippen molar-refractivity contribution in [3.63, 3.8) is 0 Å². The Labute approximate surface area is 126 Å². The molecule has 0 aliphatic rings. The summed E-state index contributed by atoms with van der Waals surface area (Å²) in [6, 6.07) is 4.16. The number of benzene rings is 1. The predicted molar refractivity (Wildman–Crippen MR) is 85.9 cm³/mol. The van der Waals surface area contributed by atoms with E-state index in [-0.39, 0.29) is 0 Å². The van der Waals surface area contributed by atoms with Crippen molar-refractivity contribution in [3.8, 4) is 11.6 Å². The molecular formula is C17H23N3O. The van der Waals surface area contributed by atoms with Gasteiger partial charge in [-0.1, -0.05) is 19.1 Å². The van der Waals surface area contributed by atoms with E-state index in [0.29, 0.717) is 11.7 Å². The van der Waals surface area contributed by atoms with Crippen molar-refractivity contribution in [2.45, 2.75) is 47.5 Å². The van der Waals surface area contributed by atoms with Crippen LogP contribution in [0.5, 0.6) is 11.6 Å². The zero-order valence-corrected chi connectivity index (χ0v) is 13.4. The molecule has 4 heteroatoms. The summed E-state index contributed by atoms with van der Waals surface area (Å²) in [5, 5.41) is 0. The second kappa shape index (κ2) is 6.12. The van der Waals surface area contributed by atoms with E-state index in [9.17, 15) is 0 Å². The molecule has 2 N–H and O–H groups in total. The molecule has 1 aromatic carbocycles. The largest absolute Gasteiger partial charge is 0.438 e. The standard InChI is InChI=1S/C17H23N3O/c1-6-7-14-19-16(18)13(5)17(20-14)21-15-11(3)9-8-10(2)12(15)4/h8-9H,6-7H2,1-5H3,(H2,18,19,20). The van der Waals surface area contributed by atoms with Crippen molar-refractivity contribution >= 4 is 5.82 Å². The normalized spacial score (nSPS) is 10.7. The van der Waals surface area contributed by atoms with Gasteiger partial charge in [0.1, 0.15) is 17.4 Å². The summed E-state index contributed by atoms with van der Waals surface area (Å²) < 4.78 is 6.09. The maximum atomic E-state index is 6.09. The van der Waals surface area contributed by atoms with Gasteiger partial charge in [-0.05, 0) is 50.8 Å². The third-order valence-corrected chi connectivity index (χ3v) is 3.73. The molecule has 0 amide bonds. The van der Waals surface area contributed by atoms with Crippen LogP contribution in [-0.4, -0.2) is 9.97 Å². The summed E-state index contributed by atoms with van der Waals surface area (Å²) in [5.74, 6) is 2.64. The number of nitrogens with zero attached hydrogens (tertiary/aromatic N) is 2. The van der Waals surface area contributed by atoms with Crippen LogP contribution in [0.2, 0.25) is 0 Å². The summed E-state index contributed by atoms with van der Waals surface area (Å²) >= 11 is 0. The molecule has 0 spiro atoms. The van der Waals surface area contributed by atoms with E-state index in [2.05, 4.69) is 42.9 Å². The van der Waals surface area contributed by atoms with Gasteiger partial charge in [0, 0.05) is 6.42 Å². The van der Waals surface area contributed by atoms with E-state index in [1.54, 1.807) is 0 Å². The molecule has 0 saturated carbocycles. The molecular weight excluding hydrogens is 262 g/mol. The van der Waals surface area contributed by atoms with Gasteiger partial charge in [0.2, 0.25) is 5.88 Å². The molecule has 0 unspecified atom stereocenters. The van der Waals surface area contributed by atoms with Gasteiger partial charge in [-0.15, -0.1) is 0 Å². The van der Waals surface area contributed by atoms with Crippen molar-refractivity contribution in [2.75, 3.05) is 5.73 Å². The fourth-order valence-corrected chi connectivity index (χ4v) is 2.17. The van der Waals surface area contributed by atoms with Crippen molar-refractivity contribution < 1.29 is 4.74 Å². The lowest BCUT2D eigenvalue weighted by molar-refractivity contribution is 0.447. The minimum atomic E-state index is 0.492. The maximum absolute atomic E-state index is 6.09. The summed E-state index contributed by atoms with van der Waals surface area (Å²) in [6.07, 6.45) is 1.77. The highest BCUT2D eigenvalue weighted by Gasteiger charge is 2.14. The van der Waals surface area contributed by atoms with E-state index in [0.717, 1.165) is 41.1 Å². The number of anilines is 1. The summed E-state index contributed by atoms with van der Waals surface area (Å²) in [5.41, 5.74) is 10.2. The molecule has 2 aromatic rings. The van der Waals surface area contributed by atoms with Crippen LogP contribution in [0, 0.1) is 27.7 Å². The third-order valence-electron chi connectivity index (χ3n) is 3.73. The van der Waals surface area contributed by atoms with Crippen molar-refractivity contribution in [1.82, 2.24) is 9.97 Å². The fourth-order valence-electron chi connectivity index (χ4n) is 2.17. The highest BCUT2D eigenvalue weighted by Crippen LogP contribution is 2.32. The Bertz CT molecular complexity index is 666. The highest BCUT2D eigenvalue weighted by atomic mass is 16.5. The van der Waals surface area contributed by atoms with E-state index >= 15 is 0 Å². The van der Waals surface area contributed by atoms with Crippen molar-refractivity contribution in [2.24, 2.45) is 0 Å². The number of nitrogens with two attached hydrogens (primary N) is 1. The molecule has 1 aromatic heterocycles. The summed E-state index contributed by atoms with van der Waals surface area (Å²) in [4.78, 5) is 8.83. The van der Waals surface area contributed by atoms with Crippen LogP contribution in [-0.2, 0) is 6.42 Å². The Morgan fingerprint density at radius 1 is 1.00 bits per heavy atom. The lowest BCUT2D eigenvalue weighted by Gasteiger charge is -2.15. The number of hydrogen-bond donors (Lipinski definition) is 1. The van der Waals surface area contributed by atoms with Gasteiger partial charge in [-0.25, -0.2) is 4.98 Å². The lowest BCUT2D eigenvalue weighted by Crippen LogP contribution is -2.06. The van der Waals surface area contributed by atoms with E-state index in [1.807, 2.05) is 13.8 Å². The van der Waals surface area contributed by atoms with Gasteiger partial charge in [-0.2, -0.15) is 4.98 Å². The van der Waals surface area contributed by atoms with Crippen LogP contribution in [0.1, 0.15) is 41.4 Å².